The predicted molar refractivity (Wildman–Crippen MR) is 68.4 cm³/mol. The molecule has 0 aromatic heterocycles. The van der Waals surface area contributed by atoms with Crippen LogP contribution in [-0.2, 0) is 6.42 Å². The number of rotatable bonds is 4. The summed E-state index contributed by atoms with van der Waals surface area (Å²) >= 11 is 0. The van der Waals surface area contributed by atoms with Crippen LogP contribution < -0.4 is 5.73 Å². The van der Waals surface area contributed by atoms with Gasteiger partial charge in [0.1, 0.15) is 0 Å². The maximum atomic E-state index is 5.91. The molecule has 0 saturated carbocycles. The molecule has 0 radical (unpaired) electrons. The lowest BCUT2D eigenvalue weighted by Gasteiger charge is -2.26. The number of aryl methyl sites for hydroxylation is 1. The second-order valence-electron chi connectivity index (χ2n) is 4.59. The average Bonchev–Trinajstić information content (AvgIpc) is 2.85. The van der Waals surface area contributed by atoms with Gasteiger partial charge in [0.15, 0.2) is 0 Å². The molecule has 1 heterocycles. The van der Waals surface area contributed by atoms with E-state index in [-0.39, 0.29) is 0 Å². The second kappa shape index (κ2) is 5.46. The molecule has 16 heavy (non-hydrogen) atoms. The molecular weight excluding hydrogens is 196 g/mol. The smallest absolute Gasteiger partial charge is 0.0470 e. The van der Waals surface area contributed by atoms with Gasteiger partial charge in [0.2, 0.25) is 0 Å². The minimum Gasteiger partial charge on any atom is -0.329 e. The largest absolute Gasteiger partial charge is 0.329 e. The Balaban J connectivity index is 2.12. The van der Waals surface area contributed by atoms with Crippen LogP contribution in [-0.4, -0.2) is 24.5 Å². The van der Waals surface area contributed by atoms with Gasteiger partial charge < -0.3 is 5.73 Å². The molecule has 1 unspecified atom stereocenters. The molecule has 2 heteroatoms. The van der Waals surface area contributed by atoms with Gasteiger partial charge in [-0.25, -0.2) is 0 Å². The summed E-state index contributed by atoms with van der Waals surface area (Å²) in [7, 11) is 0. The lowest BCUT2D eigenvalue weighted by molar-refractivity contribution is 0.251. The molecule has 1 aliphatic rings. The highest BCUT2D eigenvalue weighted by atomic mass is 15.2. The molecule has 0 aliphatic carbocycles. The summed E-state index contributed by atoms with van der Waals surface area (Å²) in [5, 5.41) is 0. The Labute approximate surface area is 98.4 Å². The topological polar surface area (TPSA) is 29.3 Å². The highest BCUT2D eigenvalue weighted by Gasteiger charge is 2.21. The summed E-state index contributed by atoms with van der Waals surface area (Å²) in [6.45, 7) is 5.33. The van der Waals surface area contributed by atoms with E-state index in [1.807, 2.05) is 0 Å². The monoisotopic (exact) mass is 218 g/mol. The number of nitrogens with zero attached hydrogens (tertiary/aromatic N) is 1. The van der Waals surface area contributed by atoms with Crippen molar-refractivity contribution < 1.29 is 0 Å². The fraction of sp³-hybridized carbons (Fsp3) is 0.571. The molecule has 1 fully saturated rings. The number of hydrogen-bond donors (Lipinski definition) is 1. The molecule has 1 aliphatic heterocycles. The third kappa shape index (κ3) is 2.45. The first-order chi connectivity index (χ1) is 7.85. The van der Waals surface area contributed by atoms with Gasteiger partial charge in [0.25, 0.3) is 0 Å². The summed E-state index contributed by atoms with van der Waals surface area (Å²) in [6.07, 6.45) is 3.75. The van der Waals surface area contributed by atoms with Crippen LogP contribution in [0.25, 0.3) is 0 Å². The second-order valence-corrected chi connectivity index (χ2v) is 4.59. The first kappa shape index (κ1) is 11.6. The van der Waals surface area contributed by atoms with Gasteiger partial charge in [-0.15, -0.1) is 0 Å². The van der Waals surface area contributed by atoms with Crippen molar-refractivity contribution in [1.82, 2.24) is 4.90 Å². The Hall–Kier alpha value is -0.860. The Bertz CT molecular complexity index is 312. The number of hydrogen-bond acceptors (Lipinski definition) is 2. The zero-order chi connectivity index (χ0) is 11.4. The van der Waals surface area contributed by atoms with Crippen molar-refractivity contribution >= 4 is 0 Å². The van der Waals surface area contributed by atoms with Crippen LogP contribution in [0.15, 0.2) is 24.3 Å². The van der Waals surface area contributed by atoms with Gasteiger partial charge in [-0.1, -0.05) is 31.2 Å². The summed E-state index contributed by atoms with van der Waals surface area (Å²) < 4.78 is 0. The fourth-order valence-electron chi connectivity index (χ4n) is 2.52. The van der Waals surface area contributed by atoms with E-state index in [0.717, 1.165) is 13.0 Å². The van der Waals surface area contributed by atoms with Crippen molar-refractivity contribution in [1.29, 1.82) is 0 Å². The molecule has 0 spiro atoms. The van der Waals surface area contributed by atoms with E-state index in [0.29, 0.717) is 6.04 Å². The maximum Gasteiger partial charge on any atom is 0.0470 e. The number of benzene rings is 1. The van der Waals surface area contributed by atoms with Crippen molar-refractivity contribution in [2.75, 3.05) is 19.6 Å². The van der Waals surface area contributed by atoms with Gasteiger partial charge in [0.05, 0.1) is 0 Å². The number of likely N-dealkylation sites (tertiary alicyclic amines) is 1. The van der Waals surface area contributed by atoms with E-state index in [9.17, 15) is 0 Å². The van der Waals surface area contributed by atoms with E-state index in [1.54, 1.807) is 0 Å². The van der Waals surface area contributed by atoms with Crippen LogP contribution in [0.5, 0.6) is 0 Å². The van der Waals surface area contributed by atoms with Crippen LogP contribution in [0.2, 0.25) is 0 Å². The Morgan fingerprint density at radius 3 is 2.31 bits per heavy atom. The molecule has 1 saturated heterocycles. The zero-order valence-corrected chi connectivity index (χ0v) is 10.2. The van der Waals surface area contributed by atoms with Crippen molar-refractivity contribution in [3.05, 3.63) is 35.4 Å². The maximum absolute atomic E-state index is 5.91. The Morgan fingerprint density at radius 2 is 1.81 bits per heavy atom. The highest BCUT2D eigenvalue weighted by Crippen LogP contribution is 2.24. The van der Waals surface area contributed by atoms with E-state index >= 15 is 0 Å². The third-order valence-corrected chi connectivity index (χ3v) is 3.58. The van der Waals surface area contributed by atoms with Crippen LogP contribution in [0.3, 0.4) is 0 Å². The quantitative estimate of drug-likeness (QED) is 0.840. The summed E-state index contributed by atoms with van der Waals surface area (Å²) in [5.41, 5.74) is 8.69. The van der Waals surface area contributed by atoms with Crippen LogP contribution >= 0.6 is 0 Å². The van der Waals surface area contributed by atoms with Crippen LogP contribution in [0, 0.1) is 0 Å². The number of nitrogens with two attached hydrogens (primary N) is 1. The predicted octanol–water partition coefficient (Wildman–Crippen LogP) is 2.34. The van der Waals surface area contributed by atoms with Crippen molar-refractivity contribution in [3.8, 4) is 0 Å². The molecular formula is C14H22N2. The van der Waals surface area contributed by atoms with Gasteiger partial charge in [-0.2, -0.15) is 0 Å². The standard InChI is InChI=1S/C14H22N2/c1-2-12-5-7-13(8-6-12)14(11-15)16-9-3-4-10-16/h5-8,14H,2-4,9-11,15H2,1H3. The van der Waals surface area contributed by atoms with Gasteiger partial charge in [0, 0.05) is 12.6 Å². The molecule has 2 nitrogen and oxygen atoms in total. The van der Waals surface area contributed by atoms with E-state index in [4.69, 9.17) is 5.73 Å². The van der Waals surface area contributed by atoms with Crippen LogP contribution in [0.4, 0.5) is 0 Å². The molecule has 2 N–H and O–H groups in total. The van der Waals surface area contributed by atoms with Gasteiger partial charge >= 0.3 is 0 Å². The molecule has 1 aromatic carbocycles. The van der Waals surface area contributed by atoms with E-state index in [2.05, 4.69) is 36.1 Å². The van der Waals surface area contributed by atoms with Crippen molar-refractivity contribution in [2.45, 2.75) is 32.2 Å². The molecule has 1 atom stereocenters. The molecule has 0 bridgehead atoms. The van der Waals surface area contributed by atoms with Crippen molar-refractivity contribution in [2.24, 2.45) is 5.73 Å². The van der Waals surface area contributed by atoms with Crippen LogP contribution in [0.1, 0.15) is 36.9 Å². The average molecular weight is 218 g/mol. The minimum absolute atomic E-state index is 0.424. The minimum atomic E-state index is 0.424. The van der Waals surface area contributed by atoms with Crippen molar-refractivity contribution in [3.63, 3.8) is 0 Å². The molecule has 2 rings (SSSR count). The molecule has 0 amide bonds. The summed E-state index contributed by atoms with van der Waals surface area (Å²) in [4.78, 5) is 2.51. The SMILES string of the molecule is CCc1ccc(C(CN)N2CCCC2)cc1. The normalized spacial score (nSPS) is 18.9. The van der Waals surface area contributed by atoms with E-state index in [1.165, 1.54) is 37.1 Å². The van der Waals surface area contributed by atoms with Gasteiger partial charge in [-0.3, -0.25) is 4.90 Å². The lowest BCUT2D eigenvalue weighted by atomic mass is 10.0. The zero-order valence-electron chi connectivity index (χ0n) is 10.2. The fourth-order valence-corrected chi connectivity index (χ4v) is 2.52. The first-order valence-corrected chi connectivity index (χ1v) is 6.38. The highest BCUT2D eigenvalue weighted by molar-refractivity contribution is 5.25. The molecule has 88 valence electrons. The Morgan fingerprint density at radius 1 is 1.19 bits per heavy atom. The molecule has 1 aromatic rings. The van der Waals surface area contributed by atoms with E-state index < -0.39 is 0 Å². The third-order valence-electron chi connectivity index (χ3n) is 3.58. The summed E-state index contributed by atoms with van der Waals surface area (Å²) in [6, 6.07) is 9.37. The van der Waals surface area contributed by atoms with Gasteiger partial charge in [-0.05, 0) is 43.5 Å². The first-order valence-electron chi connectivity index (χ1n) is 6.38. The Kier molecular flexibility index (Phi) is 3.97. The lowest BCUT2D eigenvalue weighted by Crippen LogP contribution is -2.31. The summed E-state index contributed by atoms with van der Waals surface area (Å²) in [5.74, 6) is 0.